The number of piperidine rings is 1. The summed E-state index contributed by atoms with van der Waals surface area (Å²) in [5.74, 6) is 0.317. The van der Waals surface area contributed by atoms with Crippen molar-refractivity contribution in [2.75, 3.05) is 26.2 Å². The minimum Gasteiger partial charge on any atom is -0.342 e. The largest absolute Gasteiger partial charge is 0.342 e. The fourth-order valence-corrected chi connectivity index (χ4v) is 4.02. The van der Waals surface area contributed by atoms with Gasteiger partial charge in [-0.1, -0.05) is 44.2 Å². The van der Waals surface area contributed by atoms with Gasteiger partial charge in [0.25, 0.3) is 0 Å². The fraction of sp³-hybridized carbons (Fsp3) is 0.632. The molecule has 1 N–H and O–H groups in total. The smallest absolute Gasteiger partial charge is 0.228 e. The highest BCUT2D eigenvalue weighted by molar-refractivity contribution is 5.82. The third kappa shape index (κ3) is 3.19. The van der Waals surface area contributed by atoms with Gasteiger partial charge in [0.2, 0.25) is 5.91 Å². The van der Waals surface area contributed by atoms with Crippen molar-refractivity contribution in [2.45, 2.75) is 39.5 Å². The third-order valence-corrected chi connectivity index (χ3v) is 5.51. The van der Waals surface area contributed by atoms with E-state index in [1.807, 2.05) is 18.2 Å². The Bertz CT molecular complexity index is 507. The molecule has 0 aliphatic carbocycles. The number of nitrogens with one attached hydrogen (secondary N) is 1. The number of amides is 1. The molecule has 0 bridgehead atoms. The molecule has 2 saturated heterocycles. The van der Waals surface area contributed by atoms with Crippen LogP contribution in [0.2, 0.25) is 0 Å². The summed E-state index contributed by atoms with van der Waals surface area (Å²) < 4.78 is 0. The molecular weight excluding hydrogens is 272 g/mol. The van der Waals surface area contributed by atoms with Gasteiger partial charge in [-0.3, -0.25) is 4.79 Å². The van der Waals surface area contributed by atoms with Crippen molar-refractivity contribution in [1.29, 1.82) is 0 Å². The van der Waals surface area contributed by atoms with E-state index < -0.39 is 0 Å². The van der Waals surface area contributed by atoms with E-state index in [1.54, 1.807) is 0 Å². The number of carbonyl (C=O) groups is 1. The van der Waals surface area contributed by atoms with Crippen LogP contribution in [0.25, 0.3) is 0 Å². The summed E-state index contributed by atoms with van der Waals surface area (Å²) in [6.45, 7) is 8.32. The van der Waals surface area contributed by atoms with Crippen LogP contribution in [0.4, 0.5) is 0 Å². The summed E-state index contributed by atoms with van der Waals surface area (Å²) in [5.41, 5.74) is 1.40. The third-order valence-electron chi connectivity index (χ3n) is 5.51. The number of hydrogen-bond donors (Lipinski definition) is 1. The van der Waals surface area contributed by atoms with Crippen molar-refractivity contribution in [3.63, 3.8) is 0 Å². The number of carbonyl (C=O) groups excluding carboxylic acids is 1. The van der Waals surface area contributed by atoms with Crippen LogP contribution in [-0.4, -0.2) is 37.0 Å². The van der Waals surface area contributed by atoms with Crippen LogP contribution in [0, 0.1) is 10.8 Å². The van der Waals surface area contributed by atoms with Crippen LogP contribution in [-0.2, 0) is 11.2 Å². The van der Waals surface area contributed by atoms with E-state index in [0.717, 1.165) is 45.4 Å². The second kappa shape index (κ2) is 6.04. The zero-order valence-corrected chi connectivity index (χ0v) is 13.9. The molecule has 0 atom stereocenters. The van der Waals surface area contributed by atoms with E-state index in [-0.39, 0.29) is 5.41 Å². The van der Waals surface area contributed by atoms with Crippen molar-refractivity contribution < 1.29 is 4.79 Å². The SMILES string of the molecule is CC(C)(Cc1ccccc1)C(=O)N1CCC2(CCNC2)CC1. The topological polar surface area (TPSA) is 32.3 Å². The minimum atomic E-state index is -0.320. The zero-order chi connectivity index (χ0) is 15.6. The summed E-state index contributed by atoms with van der Waals surface area (Å²) in [6, 6.07) is 10.4. The standard InChI is InChI=1S/C19H28N2O/c1-18(2,14-16-6-4-3-5-7-16)17(22)21-12-9-19(10-13-21)8-11-20-15-19/h3-7,20H,8-15H2,1-2H3. The summed E-state index contributed by atoms with van der Waals surface area (Å²) in [6.07, 6.45) is 4.42. The Labute approximate surface area is 134 Å². The Morgan fingerprint density at radius 2 is 1.86 bits per heavy atom. The van der Waals surface area contributed by atoms with Crippen molar-refractivity contribution in [2.24, 2.45) is 10.8 Å². The molecule has 1 amide bonds. The molecule has 2 heterocycles. The van der Waals surface area contributed by atoms with Crippen molar-refractivity contribution in [3.05, 3.63) is 35.9 Å². The first-order valence-electron chi connectivity index (χ1n) is 8.55. The van der Waals surface area contributed by atoms with Crippen LogP contribution < -0.4 is 5.32 Å². The van der Waals surface area contributed by atoms with Gasteiger partial charge < -0.3 is 10.2 Å². The molecule has 0 unspecified atom stereocenters. The summed E-state index contributed by atoms with van der Waals surface area (Å²) >= 11 is 0. The molecule has 2 fully saturated rings. The van der Waals surface area contributed by atoms with Crippen molar-refractivity contribution in [3.8, 4) is 0 Å². The maximum Gasteiger partial charge on any atom is 0.228 e. The lowest BCUT2D eigenvalue weighted by atomic mass is 9.76. The predicted octanol–water partition coefficient (Wildman–Crippen LogP) is 2.86. The Kier molecular flexibility index (Phi) is 4.26. The molecule has 2 aliphatic rings. The van der Waals surface area contributed by atoms with Gasteiger partial charge in [0.05, 0.1) is 0 Å². The van der Waals surface area contributed by atoms with Gasteiger partial charge in [-0.15, -0.1) is 0 Å². The summed E-state index contributed by atoms with van der Waals surface area (Å²) in [5, 5.41) is 3.49. The highest BCUT2D eigenvalue weighted by Crippen LogP contribution is 2.38. The molecule has 0 saturated carbocycles. The Morgan fingerprint density at radius 1 is 1.18 bits per heavy atom. The molecule has 1 aromatic carbocycles. The molecule has 0 aromatic heterocycles. The van der Waals surface area contributed by atoms with E-state index >= 15 is 0 Å². The molecule has 22 heavy (non-hydrogen) atoms. The minimum absolute atomic E-state index is 0.317. The van der Waals surface area contributed by atoms with E-state index in [4.69, 9.17) is 0 Å². The van der Waals surface area contributed by atoms with Gasteiger partial charge in [0, 0.05) is 25.0 Å². The predicted molar refractivity (Wildman–Crippen MR) is 89.7 cm³/mol. The van der Waals surface area contributed by atoms with Crippen molar-refractivity contribution in [1.82, 2.24) is 10.2 Å². The maximum absolute atomic E-state index is 12.9. The number of benzene rings is 1. The molecule has 0 radical (unpaired) electrons. The highest BCUT2D eigenvalue weighted by Gasteiger charge is 2.40. The Balaban J connectivity index is 1.61. The lowest BCUT2D eigenvalue weighted by molar-refractivity contribution is -0.142. The van der Waals surface area contributed by atoms with Gasteiger partial charge in [-0.05, 0) is 43.2 Å². The van der Waals surface area contributed by atoms with Crippen LogP contribution in [0.5, 0.6) is 0 Å². The highest BCUT2D eigenvalue weighted by atomic mass is 16.2. The monoisotopic (exact) mass is 300 g/mol. The van der Waals surface area contributed by atoms with Crippen LogP contribution in [0.3, 0.4) is 0 Å². The quantitative estimate of drug-likeness (QED) is 0.931. The lowest BCUT2D eigenvalue weighted by Crippen LogP contribution is -2.49. The van der Waals surface area contributed by atoms with Crippen LogP contribution in [0.15, 0.2) is 30.3 Å². The second-order valence-electron chi connectivity index (χ2n) is 7.77. The van der Waals surface area contributed by atoms with E-state index in [9.17, 15) is 4.79 Å². The molecule has 1 aromatic rings. The average molecular weight is 300 g/mol. The van der Waals surface area contributed by atoms with Crippen LogP contribution >= 0.6 is 0 Å². The molecule has 3 rings (SSSR count). The van der Waals surface area contributed by atoms with Gasteiger partial charge in [-0.25, -0.2) is 0 Å². The van der Waals surface area contributed by atoms with E-state index in [2.05, 4.69) is 36.2 Å². The molecule has 3 heteroatoms. The van der Waals surface area contributed by atoms with E-state index in [1.165, 1.54) is 12.0 Å². The summed E-state index contributed by atoms with van der Waals surface area (Å²) in [4.78, 5) is 15.0. The first kappa shape index (κ1) is 15.5. The maximum atomic E-state index is 12.9. The van der Waals surface area contributed by atoms with Gasteiger partial charge in [0.1, 0.15) is 0 Å². The van der Waals surface area contributed by atoms with Crippen LogP contribution in [0.1, 0.15) is 38.7 Å². The lowest BCUT2D eigenvalue weighted by Gasteiger charge is -2.41. The zero-order valence-electron chi connectivity index (χ0n) is 13.9. The van der Waals surface area contributed by atoms with Gasteiger partial charge in [0.15, 0.2) is 0 Å². The number of hydrogen-bond acceptors (Lipinski definition) is 2. The molecule has 3 nitrogen and oxygen atoms in total. The van der Waals surface area contributed by atoms with Crippen molar-refractivity contribution >= 4 is 5.91 Å². The van der Waals surface area contributed by atoms with Gasteiger partial charge in [-0.2, -0.15) is 0 Å². The second-order valence-corrected chi connectivity index (χ2v) is 7.77. The molecular formula is C19H28N2O. The first-order valence-corrected chi connectivity index (χ1v) is 8.55. The normalized spacial score (nSPS) is 21.3. The Morgan fingerprint density at radius 3 is 2.45 bits per heavy atom. The number of rotatable bonds is 3. The molecule has 120 valence electrons. The first-order chi connectivity index (χ1) is 10.5. The molecule has 1 spiro atoms. The number of likely N-dealkylation sites (tertiary alicyclic amines) is 1. The van der Waals surface area contributed by atoms with E-state index in [0.29, 0.717) is 11.3 Å². The Hall–Kier alpha value is -1.35. The average Bonchev–Trinajstić information content (AvgIpc) is 2.96. The number of nitrogens with zero attached hydrogens (tertiary/aromatic N) is 1. The fourth-order valence-electron chi connectivity index (χ4n) is 4.02. The summed E-state index contributed by atoms with van der Waals surface area (Å²) in [7, 11) is 0. The van der Waals surface area contributed by atoms with Gasteiger partial charge >= 0.3 is 0 Å². The molecule has 2 aliphatic heterocycles.